The van der Waals surface area contributed by atoms with Crippen molar-refractivity contribution in [1.82, 2.24) is 0 Å². The van der Waals surface area contributed by atoms with Crippen LogP contribution < -0.4 is 10.6 Å². The fourth-order valence-corrected chi connectivity index (χ4v) is 2.23. The molecule has 0 spiro atoms. The minimum absolute atomic E-state index is 0.488. The number of halogens is 1. The number of para-hydroxylation sites is 1. The van der Waals surface area contributed by atoms with E-state index in [1.54, 1.807) is 0 Å². The molecule has 2 N–H and O–H groups in total. The molecule has 20 heavy (non-hydrogen) atoms. The van der Waals surface area contributed by atoms with Gasteiger partial charge in [-0.1, -0.05) is 49.7 Å². The molecule has 0 aliphatic heterocycles. The SMILES string of the molecule is CC(C)c1cccc(NC(=S)Nc2ccccc2Cl)c1. The summed E-state index contributed by atoms with van der Waals surface area (Å²) in [5.74, 6) is 0.488. The van der Waals surface area contributed by atoms with Crippen molar-refractivity contribution in [2.75, 3.05) is 10.6 Å². The summed E-state index contributed by atoms with van der Waals surface area (Å²) in [6, 6.07) is 15.7. The van der Waals surface area contributed by atoms with Crippen LogP contribution in [0.3, 0.4) is 0 Å². The molecule has 0 aromatic heterocycles. The number of thiocarbonyl (C=S) groups is 1. The van der Waals surface area contributed by atoms with Gasteiger partial charge in [-0.05, 0) is 48.0 Å². The third kappa shape index (κ3) is 3.95. The van der Waals surface area contributed by atoms with Gasteiger partial charge in [-0.3, -0.25) is 0 Å². The van der Waals surface area contributed by atoms with Gasteiger partial charge >= 0.3 is 0 Å². The van der Waals surface area contributed by atoms with E-state index in [2.05, 4.69) is 36.6 Å². The van der Waals surface area contributed by atoms with Gasteiger partial charge in [-0.2, -0.15) is 0 Å². The van der Waals surface area contributed by atoms with Gasteiger partial charge in [-0.15, -0.1) is 0 Å². The quantitative estimate of drug-likeness (QED) is 0.755. The fourth-order valence-electron chi connectivity index (χ4n) is 1.82. The summed E-state index contributed by atoms with van der Waals surface area (Å²) < 4.78 is 0. The Bertz CT molecular complexity index is 611. The second-order valence-corrected chi connectivity index (χ2v) is 5.65. The highest BCUT2D eigenvalue weighted by atomic mass is 35.5. The third-order valence-corrected chi connectivity index (χ3v) is 3.47. The number of rotatable bonds is 3. The van der Waals surface area contributed by atoms with Crippen molar-refractivity contribution in [3.05, 3.63) is 59.1 Å². The van der Waals surface area contributed by atoms with Gasteiger partial charge in [0.05, 0.1) is 10.7 Å². The molecule has 4 heteroatoms. The minimum atomic E-state index is 0.488. The molecular weight excluding hydrogens is 288 g/mol. The molecular formula is C16H17ClN2S. The lowest BCUT2D eigenvalue weighted by atomic mass is 10.0. The molecule has 2 nitrogen and oxygen atoms in total. The average Bonchev–Trinajstić information content (AvgIpc) is 2.41. The van der Waals surface area contributed by atoms with Crippen LogP contribution in [0.2, 0.25) is 5.02 Å². The lowest BCUT2D eigenvalue weighted by molar-refractivity contribution is 0.867. The van der Waals surface area contributed by atoms with Gasteiger partial charge < -0.3 is 10.6 Å². The topological polar surface area (TPSA) is 24.1 Å². The highest BCUT2D eigenvalue weighted by molar-refractivity contribution is 7.80. The molecule has 2 aromatic rings. The molecule has 0 radical (unpaired) electrons. The predicted molar refractivity (Wildman–Crippen MR) is 91.8 cm³/mol. The molecule has 0 saturated carbocycles. The summed E-state index contributed by atoms with van der Waals surface area (Å²) in [7, 11) is 0. The summed E-state index contributed by atoms with van der Waals surface area (Å²) in [5.41, 5.74) is 3.04. The molecule has 0 bridgehead atoms. The van der Waals surface area contributed by atoms with Crippen LogP contribution in [0.4, 0.5) is 11.4 Å². The van der Waals surface area contributed by atoms with E-state index < -0.39 is 0 Å². The zero-order valence-electron chi connectivity index (χ0n) is 11.5. The zero-order valence-corrected chi connectivity index (χ0v) is 13.1. The van der Waals surface area contributed by atoms with Crippen molar-refractivity contribution in [2.24, 2.45) is 0 Å². The van der Waals surface area contributed by atoms with Crippen LogP contribution in [0, 0.1) is 0 Å². The maximum Gasteiger partial charge on any atom is 0.175 e. The van der Waals surface area contributed by atoms with Crippen molar-refractivity contribution in [1.29, 1.82) is 0 Å². The zero-order chi connectivity index (χ0) is 14.5. The Balaban J connectivity index is 2.05. The van der Waals surface area contributed by atoms with Crippen LogP contribution in [0.1, 0.15) is 25.3 Å². The summed E-state index contributed by atoms with van der Waals surface area (Å²) >= 11 is 11.4. The molecule has 0 atom stereocenters. The largest absolute Gasteiger partial charge is 0.332 e. The van der Waals surface area contributed by atoms with E-state index in [4.69, 9.17) is 23.8 Å². The van der Waals surface area contributed by atoms with Crippen molar-refractivity contribution < 1.29 is 0 Å². The Hall–Kier alpha value is -1.58. The van der Waals surface area contributed by atoms with Crippen LogP contribution in [0.25, 0.3) is 0 Å². The number of anilines is 2. The number of hydrogen-bond donors (Lipinski definition) is 2. The Kier molecular flexibility index (Phi) is 4.99. The monoisotopic (exact) mass is 304 g/mol. The number of hydrogen-bond acceptors (Lipinski definition) is 1. The second-order valence-electron chi connectivity index (χ2n) is 4.84. The molecule has 0 fully saturated rings. The van der Waals surface area contributed by atoms with Gasteiger partial charge in [0.2, 0.25) is 0 Å². The minimum Gasteiger partial charge on any atom is -0.332 e. The van der Waals surface area contributed by atoms with E-state index in [9.17, 15) is 0 Å². The number of benzene rings is 2. The summed E-state index contributed by atoms with van der Waals surface area (Å²) in [4.78, 5) is 0. The van der Waals surface area contributed by atoms with Crippen LogP contribution in [-0.4, -0.2) is 5.11 Å². The molecule has 2 rings (SSSR count). The van der Waals surface area contributed by atoms with Crippen LogP contribution in [0.5, 0.6) is 0 Å². The average molecular weight is 305 g/mol. The summed E-state index contributed by atoms with van der Waals surface area (Å²) in [6.45, 7) is 4.33. The van der Waals surface area contributed by atoms with Gasteiger partial charge in [0.1, 0.15) is 0 Å². The first kappa shape index (κ1) is 14.8. The van der Waals surface area contributed by atoms with E-state index >= 15 is 0 Å². The van der Waals surface area contributed by atoms with Crippen molar-refractivity contribution in [2.45, 2.75) is 19.8 Å². The normalized spacial score (nSPS) is 10.4. The highest BCUT2D eigenvalue weighted by Crippen LogP contribution is 2.22. The molecule has 104 valence electrons. The van der Waals surface area contributed by atoms with Crippen LogP contribution in [-0.2, 0) is 0 Å². The van der Waals surface area contributed by atoms with Crippen molar-refractivity contribution in [3.8, 4) is 0 Å². The lowest BCUT2D eigenvalue weighted by Crippen LogP contribution is -2.19. The maximum atomic E-state index is 6.09. The van der Waals surface area contributed by atoms with E-state index in [-0.39, 0.29) is 0 Å². The lowest BCUT2D eigenvalue weighted by Gasteiger charge is -2.13. The Morgan fingerprint density at radius 1 is 1.05 bits per heavy atom. The first-order chi connectivity index (χ1) is 9.56. The molecule has 0 saturated heterocycles. The van der Waals surface area contributed by atoms with Gasteiger partial charge in [0.15, 0.2) is 5.11 Å². The molecule has 0 amide bonds. The van der Waals surface area contributed by atoms with Gasteiger partial charge in [-0.25, -0.2) is 0 Å². The summed E-state index contributed by atoms with van der Waals surface area (Å²) in [5, 5.41) is 7.44. The van der Waals surface area contributed by atoms with Crippen LogP contribution in [0.15, 0.2) is 48.5 Å². The first-order valence-electron chi connectivity index (χ1n) is 6.49. The predicted octanol–water partition coefficient (Wildman–Crippen LogP) is 5.27. The summed E-state index contributed by atoms with van der Waals surface area (Å²) in [6.07, 6.45) is 0. The van der Waals surface area contributed by atoms with Crippen molar-refractivity contribution in [3.63, 3.8) is 0 Å². The van der Waals surface area contributed by atoms with Crippen LogP contribution >= 0.6 is 23.8 Å². The highest BCUT2D eigenvalue weighted by Gasteiger charge is 2.04. The maximum absolute atomic E-state index is 6.09. The smallest absolute Gasteiger partial charge is 0.175 e. The van der Waals surface area contributed by atoms with Gasteiger partial charge in [0, 0.05) is 5.69 Å². The fraction of sp³-hybridized carbons (Fsp3) is 0.188. The molecule has 0 aliphatic rings. The second kappa shape index (κ2) is 6.73. The standard InChI is InChI=1S/C16H17ClN2S/c1-11(2)12-6-5-7-13(10-12)18-16(20)19-15-9-4-3-8-14(15)17/h3-11H,1-2H3,(H2,18,19,20). The van der Waals surface area contributed by atoms with E-state index in [1.165, 1.54) is 5.56 Å². The van der Waals surface area contributed by atoms with E-state index in [0.29, 0.717) is 16.1 Å². The van der Waals surface area contributed by atoms with E-state index in [1.807, 2.05) is 36.4 Å². The van der Waals surface area contributed by atoms with E-state index in [0.717, 1.165) is 11.4 Å². The molecule has 0 heterocycles. The Morgan fingerprint density at radius 3 is 2.50 bits per heavy atom. The third-order valence-electron chi connectivity index (χ3n) is 2.93. The number of nitrogens with one attached hydrogen (secondary N) is 2. The Morgan fingerprint density at radius 2 is 1.80 bits per heavy atom. The van der Waals surface area contributed by atoms with Crippen molar-refractivity contribution >= 4 is 40.3 Å². The molecule has 0 aliphatic carbocycles. The molecule has 2 aromatic carbocycles. The molecule has 0 unspecified atom stereocenters. The Labute approximate surface area is 130 Å². The van der Waals surface area contributed by atoms with Gasteiger partial charge in [0.25, 0.3) is 0 Å². The first-order valence-corrected chi connectivity index (χ1v) is 7.27.